The summed E-state index contributed by atoms with van der Waals surface area (Å²) in [4.78, 5) is 44.0. The maximum atomic E-state index is 11.7. The summed E-state index contributed by atoms with van der Waals surface area (Å²) in [6, 6.07) is -1.71. The van der Waals surface area contributed by atoms with E-state index in [1.54, 1.807) is 0 Å². The van der Waals surface area contributed by atoms with Gasteiger partial charge in [0.25, 0.3) is 0 Å². The number of carboxylic acid groups (broad SMARTS) is 1. The Bertz CT molecular complexity index is 382. The number of carbonyl (C=O) groups excluding carboxylic acids is 3. The lowest BCUT2D eigenvalue weighted by molar-refractivity contribution is -0.137. The molecule has 1 aliphatic rings. The molecule has 0 bridgehead atoms. The number of rotatable bonds is 6. The molecule has 1 aliphatic heterocycles. The molecule has 5 N–H and O–H groups in total. The van der Waals surface area contributed by atoms with E-state index >= 15 is 0 Å². The number of nitrogens with one attached hydrogen (secondary N) is 2. The van der Waals surface area contributed by atoms with Crippen LogP contribution >= 0.6 is 0 Å². The second kappa shape index (κ2) is 5.99. The fourth-order valence-electron chi connectivity index (χ4n) is 1.64. The Balaban J connectivity index is 2.49. The SMILES string of the molecule is NC(=O)[C@H](CCC(=O)O)NC(=O)[C@@H]1CCC(=O)N1. The van der Waals surface area contributed by atoms with Crippen molar-refractivity contribution in [3.05, 3.63) is 0 Å². The molecule has 0 unspecified atom stereocenters. The van der Waals surface area contributed by atoms with Gasteiger partial charge in [-0.25, -0.2) is 0 Å². The van der Waals surface area contributed by atoms with E-state index < -0.39 is 29.9 Å². The third-order valence-electron chi connectivity index (χ3n) is 2.62. The summed E-state index contributed by atoms with van der Waals surface area (Å²) in [6.07, 6.45) is 0.269. The number of primary amides is 1. The van der Waals surface area contributed by atoms with Crippen LogP contribution in [0.1, 0.15) is 25.7 Å². The second-order valence-electron chi connectivity index (χ2n) is 4.05. The molecule has 0 aliphatic carbocycles. The lowest BCUT2D eigenvalue weighted by atomic mass is 10.1. The van der Waals surface area contributed by atoms with E-state index in [9.17, 15) is 19.2 Å². The van der Waals surface area contributed by atoms with Crippen molar-refractivity contribution in [1.29, 1.82) is 0 Å². The van der Waals surface area contributed by atoms with E-state index in [2.05, 4.69) is 10.6 Å². The quantitative estimate of drug-likeness (QED) is 0.440. The zero-order valence-electron chi connectivity index (χ0n) is 9.64. The van der Waals surface area contributed by atoms with Crippen molar-refractivity contribution in [1.82, 2.24) is 10.6 Å². The van der Waals surface area contributed by atoms with E-state index in [1.807, 2.05) is 0 Å². The molecule has 3 amide bonds. The highest BCUT2D eigenvalue weighted by atomic mass is 16.4. The first-order valence-electron chi connectivity index (χ1n) is 5.51. The Morgan fingerprint density at radius 2 is 2.17 bits per heavy atom. The van der Waals surface area contributed by atoms with Gasteiger partial charge in [0.2, 0.25) is 17.7 Å². The Morgan fingerprint density at radius 1 is 1.50 bits per heavy atom. The molecule has 2 atom stereocenters. The molecule has 0 aromatic carbocycles. The molecule has 18 heavy (non-hydrogen) atoms. The van der Waals surface area contributed by atoms with Crippen LogP contribution in [0.3, 0.4) is 0 Å². The summed E-state index contributed by atoms with van der Waals surface area (Å²) in [6.45, 7) is 0. The fourth-order valence-corrected chi connectivity index (χ4v) is 1.64. The minimum atomic E-state index is -1.08. The second-order valence-corrected chi connectivity index (χ2v) is 4.05. The number of carboxylic acids is 1. The number of amides is 3. The minimum Gasteiger partial charge on any atom is -0.481 e. The molecule has 0 aromatic rings. The Kier molecular flexibility index (Phi) is 4.64. The molecular formula is C10H15N3O5. The van der Waals surface area contributed by atoms with Crippen molar-refractivity contribution in [2.24, 2.45) is 5.73 Å². The smallest absolute Gasteiger partial charge is 0.303 e. The maximum Gasteiger partial charge on any atom is 0.303 e. The predicted octanol–water partition coefficient (Wildman–Crippen LogP) is -1.90. The van der Waals surface area contributed by atoms with Gasteiger partial charge in [0.15, 0.2) is 0 Å². The van der Waals surface area contributed by atoms with Crippen LogP contribution < -0.4 is 16.4 Å². The number of nitrogens with two attached hydrogens (primary N) is 1. The van der Waals surface area contributed by atoms with Gasteiger partial charge in [-0.1, -0.05) is 0 Å². The number of hydrogen-bond acceptors (Lipinski definition) is 4. The predicted molar refractivity (Wildman–Crippen MR) is 59.2 cm³/mol. The topological polar surface area (TPSA) is 139 Å². The normalized spacial score (nSPS) is 20.0. The Labute approximate surface area is 103 Å². The van der Waals surface area contributed by atoms with Crippen molar-refractivity contribution in [3.63, 3.8) is 0 Å². The summed E-state index contributed by atoms with van der Waals surface area (Å²) in [5, 5.41) is 13.3. The van der Waals surface area contributed by atoms with Crippen LogP contribution in [0.4, 0.5) is 0 Å². The standard InChI is InChI=1S/C10H15N3O5/c11-9(17)5(2-4-8(15)16)13-10(18)6-1-3-7(14)12-6/h5-6H,1-4H2,(H2,11,17)(H,12,14)(H,13,18)(H,15,16)/t5-,6-/m0/s1. The Hall–Kier alpha value is -2.12. The highest BCUT2D eigenvalue weighted by molar-refractivity contribution is 5.93. The molecule has 8 nitrogen and oxygen atoms in total. The molecule has 0 radical (unpaired) electrons. The van der Waals surface area contributed by atoms with E-state index in [-0.39, 0.29) is 25.2 Å². The first kappa shape index (κ1) is 13.9. The lowest BCUT2D eigenvalue weighted by Gasteiger charge is -2.17. The maximum absolute atomic E-state index is 11.7. The summed E-state index contributed by atoms with van der Waals surface area (Å²) < 4.78 is 0. The molecule has 100 valence electrons. The van der Waals surface area contributed by atoms with E-state index in [0.29, 0.717) is 6.42 Å². The highest BCUT2D eigenvalue weighted by Crippen LogP contribution is 2.07. The number of aliphatic carboxylic acids is 1. The van der Waals surface area contributed by atoms with Crippen LogP contribution in [0.2, 0.25) is 0 Å². The molecular weight excluding hydrogens is 242 g/mol. The van der Waals surface area contributed by atoms with Crippen LogP contribution in [0.15, 0.2) is 0 Å². The zero-order chi connectivity index (χ0) is 13.7. The molecule has 0 aromatic heterocycles. The molecule has 8 heteroatoms. The van der Waals surface area contributed by atoms with Gasteiger partial charge < -0.3 is 21.5 Å². The van der Waals surface area contributed by atoms with Crippen LogP contribution in [0, 0.1) is 0 Å². The van der Waals surface area contributed by atoms with Gasteiger partial charge in [0, 0.05) is 12.8 Å². The molecule has 0 saturated carbocycles. The third kappa shape index (κ3) is 4.04. The summed E-state index contributed by atoms with van der Waals surface area (Å²) in [7, 11) is 0. The molecule has 1 heterocycles. The third-order valence-corrected chi connectivity index (χ3v) is 2.62. The molecule has 0 spiro atoms. The van der Waals surface area contributed by atoms with Gasteiger partial charge in [-0.05, 0) is 12.8 Å². The van der Waals surface area contributed by atoms with Gasteiger partial charge in [0.1, 0.15) is 12.1 Å². The van der Waals surface area contributed by atoms with Gasteiger partial charge in [-0.3, -0.25) is 19.2 Å². The van der Waals surface area contributed by atoms with Crippen molar-refractivity contribution >= 4 is 23.7 Å². The monoisotopic (exact) mass is 257 g/mol. The minimum absolute atomic E-state index is 0.0723. The van der Waals surface area contributed by atoms with E-state index in [0.717, 1.165) is 0 Å². The van der Waals surface area contributed by atoms with Gasteiger partial charge >= 0.3 is 5.97 Å². The first-order chi connectivity index (χ1) is 8.40. The summed E-state index contributed by atoms with van der Waals surface area (Å²) in [5.41, 5.74) is 5.06. The lowest BCUT2D eigenvalue weighted by Crippen LogP contribution is -2.50. The number of hydrogen-bond donors (Lipinski definition) is 4. The van der Waals surface area contributed by atoms with Crippen molar-refractivity contribution in [3.8, 4) is 0 Å². The average molecular weight is 257 g/mol. The average Bonchev–Trinajstić information content (AvgIpc) is 2.70. The Morgan fingerprint density at radius 3 is 2.61 bits per heavy atom. The highest BCUT2D eigenvalue weighted by Gasteiger charge is 2.29. The van der Waals surface area contributed by atoms with E-state index in [1.165, 1.54) is 0 Å². The van der Waals surface area contributed by atoms with Crippen molar-refractivity contribution < 1.29 is 24.3 Å². The summed E-state index contributed by atoms with van der Waals surface area (Å²) in [5.74, 6) is -2.62. The van der Waals surface area contributed by atoms with Crippen LogP contribution in [-0.2, 0) is 19.2 Å². The fraction of sp³-hybridized carbons (Fsp3) is 0.600. The van der Waals surface area contributed by atoms with Crippen molar-refractivity contribution in [2.75, 3.05) is 0 Å². The number of carbonyl (C=O) groups is 4. The molecule has 1 rings (SSSR count). The zero-order valence-corrected chi connectivity index (χ0v) is 9.64. The van der Waals surface area contributed by atoms with Gasteiger partial charge in [0.05, 0.1) is 0 Å². The first-order valence-corrected chi connectivity index (χ1v) is 5.51. The summed E-state index contributed by atoms with van der Waals surface area (Å²) >= 11 is 0. The molecule has 1 fully saturated rings. The van der Waals surface area contributed by atoms with Crippen molar-refractivity contribution in [2.45, 2.75) is 37.8 Å². The van der Waals surface area contributed by atoms with Gasteiger partial charge in [-0.15, -0.1) is 0 Å². The van der Waals surface area contributed by atoms with Crippen LogP contribution in [0.5, 0.6) is 0 Å². The van der Waals surface area contributed by atoms with Crippen LogP contribution in [-0.4, -0.2) is 40.9 Å². The molecule has 1 saturated heterocycles. The largest absolute Gasteiger partial charge is 0.481 e. The van der Waals surface area contributed by atoms with E-state index in [4.69, 9.17) is 10.8 Å². The van der Waals surface area contributed by atoms with Crippen LogP contribution in [0.25, 0.3) is 0 Å². The van der Waals surface area contributed by atoms with Gasteiger partial charge in [-0.2, -0.15) is 0 Å².